The Balaban J connectivity index is 1.86. The Morgan fingerprint density at radius 3 is 2.74 bits per heavy atom. The average Bonchev–Trinajstić information content (AvgIpc) is 2.68. The maximum Gasteiger partial charge on any atom is 0.161 e. The lowest BCUT2D eigenvalue weighted by atomic mass is 10.0. The molecule has 0 amide bonds. The van der Waals surface area contributed by atoms with Gasteiger partial charge in [-0.15, -0.1) is 0 Å². The fourth-order valence-corrected chi connectivity index (χ4v) is 2.84. The molecule has 0 saturated carbocycles. The van der Waals surface area contributed by atoms with Crippen molar-refractivity contribution < 1.29 is 14.2 Å². The van der Waals surface area contributed by atoms with Gasteiger partial charge in [0.2, 0.25) is 0 Å². The lowest BCUT2D eigenvalue weighted by Gasteiger charge is -2.18. The maximum atomic E-state index is 13.5. The number of halogens is 1. The van der Waals surface area contributed by atoms with Crippen LogP contribution in [0.3, 0.4) is 0 Å². The third kappa shape index (κ3) is 4.53. The molecule has 0 radical (unpaired) electrons. The van der Waals surface area contributed by atoms with Crippen molar-refractivity contribution in [3.05, 3.63) is 66.2 Å². The van der Waals surface area contributed by atoms with Gasteiger partial charge in [0.05, 0.1) is 30.7 Å². The molecule has 1 heterocycles. The van der Waals surface area contributed by atoms with Gasteiger partial charge >= 0.3 is 0 Å². The molecule has 1 aromatic heterocycles. The average molecular weight is 367 g/mol. The molecular formula is C21H22FN3O2. The van der Waals surface area contributed by atoms with Crippen LogP contribution >= 0.6 is 0 Å². The first kappa shape index (κ1) is 18.6. The highest BCUT2D eigenvalue weighted by Crippen LogP contribution is 2.31. The van der Waals surface area contributed by atoms with Crippen LogP contribution in [0.1, 0.15) is 31.9 Å². The van der Waals surface area contributed by atoms with Crippen molar-refractivity contribution in [2.24, 2.45) is 0 Å². The molecule has 27 heavy (non-hydrogen) atoms. The van der Waals surface area contributed by atoms with Crippen LogP contribution in [-0.2, 0) is 0 Å². The fraction of sp³-hybridized carbons (Fsp3) is 0.238. The van der Waals surface area contributed by atoms with Gasteiger partial charge in [-0.2, -0.15) is 0 Å². The predicted molar refractivity (Wildman–Crippen MR) is 103 cm³/mol. The van der Waals surface area contributed by atoms with Crippen LogP contribution in [0.25, 0.3) is 11.3 Å². The van der Waals surface area contributed by atoms with E-state index in [1.165, 1.54) is 12.1 Å². The Hall–Kier alpha value is -3.15. The molecule has 0 spiro atoms. The number of benzene rings is 2. The zero-order valence-corrected chi connectivity index (χ0v) is 15.3. The molecule has 3 rings (SSSR count). The number of rotatable bonds is 7. The number of hydrogen-bond acceptors (Lipinski definition) is 5. The molecular weight excluding hydrogens is 345 g/mol. The highest BCUT2D eigenvalue weighted by Gasteiger charge is 2.12. The van der Waals surface area contributed by atoms with Crippen molar-refractivity contribution in [2.75, 3.05) is 11.9 Å². The van der Waals surface area contributed by atoms with Crippen molar-refractivity contribution in [1.82, 2.24) is 9.97 Å². The highest BCUT2D eigenvalue weighted by molar-refractivity contribution is 5.64. The summed E-state index contributed by atoms with van der Waals surface area (Å²) in [6.45, 7) is 4.33. The normalized spacial score (nSPS) is 11.8. The quantitative estimate of drug-likeness (QED) is 0.618. The van der Waals surface area contributed by atoms with Gasteiger partial charge < -0.3 is 15.2 Å². The Kier molecular flexibility index (Phi) is 5.86. The van der Waals surface area contributed by atoms with E-state index < -0.39 is 0 Å². The Bertz CT molecular complexity index is 917. The maximum absolute atomic E-state index is 13.5. The molecule has 0 aliphatic carbocycles. The first-order valence-electron chi connectivity index (χ1n) is 8.91. The van der Waals surface area contributed by atoms with Gasteiger partial charge in [-0.05, 0) is 49.2 Å². The number of ether oxygens (including phenoxy) is 1. The van der Waals surface area contributed by atoms with Crippen LogP contribution in [0.2, 0.25) is 0 Å². The van der Waals surface area contributed by atoms with E-state index in [9.17, 15) is 9.50 Å². The first-order valence-corrected chi connectivity index (χ1v) is 8.91. The summed E-state index contributed by atoms with van der Waals surface area (Å²) in [5, 5.41) is 13.2. The Morgan fingerprint density at radius 1 is 1.15 bits per heavy atom. The smallest absolute Gasteiger partial charge is 0.161 e. The molecule has 2 N–H and O–H groups in total. The van der Waals surface area contributed by atoms with Crippen LogP contribution in [0.5, 0.6) is 11.5 Å². The van der Waals surface area contributed by atoms with Crippen LogP contribution < -0.4 is 10.1 Å². The number of phenols is 1. The summed E-state index contributed by atoms with van der Waals surface area (Å²) in [6.07, 6.45) is 4.05. The molecule has 0 fully saturated rings. The van der Waals surface area contributed by atoms with Crippen LogP contribution in [0.15, 0.2) is 54.9 Å². The molecule has 5 nitrogen and oxygen atoms in total. The zero-order valence-electron chi connectivity index (χ0n) is 15.3. The van der Waals surface area contributed by atoms with Crippen molar-refractivity contribution in [1.29, 1.82) is 0 Å². The summed E-state index contributed by atoms with van der Waals surface area (Å²) < 4.78 is 19.0. The Labute approximate surface area is 157 Å². The van der Waals surface area contributed by atoms with E-state index >= 15 is 0 Å². The lowest BCUT2D eigenvalue weighted by Crippen LogP contribution is -2.11. The SMILES string of the molecule is CCOc1cc(-c2cncc(NC(CC)c3cccc(F)c3)n2)ccc1O. The lowest BCUT2D eigenvalue weighted by molar-refractivity contribution is 0.318. The molecule has 0 aliphatic rings. The number of aromatic hydroxyl groups is 1. The van der Waals surface area contributed by atoms with E-state index in [4.69, 9.17) is 4.74 Å². The van der Waals surface area contributed by atoms with Crippen molar-refractivity contribution >= 4 is 5.82 Å². The number of phenolic OH excluding ortho intramolecular Hbond substituents is 1. The van der Waals surface area contributed by atoms with Gasteiger partial charge in [-0.25, -0.2) is 9.37 Å². The van der Waals surface area contributed by atoms with Gasteiger partial charge in [-0.3, -0.25) is 4.98 Å². The van der Waals surface area contributed by atoms with E-state index in [-0.39, 0.29) is 17.6 Å². The number of hydrogen-bond donors (Lipinski definition) is 2. The summed E-state index contributed by atoms with van der Waals surface area (Å²) in [4.78, 5) is 8.86. The molecule has 0 bridgehead atoms. The molecule has 2 aromatic carbocycles. The minimum absolute atomic E-state index is 0.0796. The minimum Gasteiger partial charge on any atom is -0.504 e. The van der Waals surface area contributed by atoms with E-state index in [0.717, 1.165) is 17.5 Å². The van der Waals surface area contributed by atoms with E-state index in [2.05, 4.69) is 15.3 Å². The molecule has 0 saturated heterocycles. The molecule has 3 aromatic rings. The second-order valence-electron chi connectivity index (χ2n) is 6.07. The highest BCUT2D eigenvalue weighted by atomic mass is 19.1. The second-order valence-corrected chi connectivity index (χ2v) is 6.07. The van der Waals surface area contributed by atoms with Crippen molar-refractivity contribution in [3.8, 4) is 22.8 Å². The summed E-state index contributed by atoms with van der Waals surface area (Å²) in [5.41, 5.74) is 2.29. The minimum atomic E-state index is -0.264. The monoisotopic (exact) mass is 367 g/mol. The van der Waals surface area contributed by atoms with E-state index in [1.54, 1.807) is 36.7 Å². The van der Waals surface area contributed by atoms with Gasteiger partial charge in [0.15, 0.2) is 11.5 Å². The van der Waals surface area contributed by atoms with Crippen molar-refractivity contribution in [2.45, 2.75) is 26.3 Å². The number of nitrogens with one attached hydrogen (secondary N) is 1. The topological polar surface area (TPSA) is 67.3 Å². The predicted octanol–water partition coefficient (Wildman–Crippen LogP) is 4.95. The molecule has 6 heteroatoms. The fourth-order valence-electron chi connectivity index (χ4n) is 2.84. The van der Waals surface area contributed by atoms with Gasteiger partial charge in [0.1, 0.15) is 11.6 Å². The molecule has 0 aliphatic heterocycles. The summed E-state index contributed by atoms with van der Waals surface area (Å²) >= 11 is 0. The summed E-state index contributed by atoms with van der Waals surface area (Å²) in [6, 6.07) is 11.5. The third-order valence-electron chi connectivity index (χ3n) is 4.17. The van der Waals surface area contributed by atoms with Gasteiger partial charge in [0, 0.05) is 5.56 Å². The largest absolute Gasteiger partial charge is 0.504 e. The van der Waals surface area contributed by atoms with Crippen LogP contribution in [0, 0.1) is 5.82 Å². The van der Waals surface area contributed by atoms with Crippen molar-refractivity contribution in [3.63, 3.8) is 0 Å². The zero-order chi connectivity index (χ0) is 19.2. The van der Waals surface area contributed by atoms with Crippen LogP contribution in [0.4, 0.5) is 10.2 Å². The summed E-state index contributed by atoms with van der Waals surface area (Å²) in [7, 11) is 0. The van der Waals surface area contributed by atoms with E-state index in [0.29, 0.717) is 23.9 Å². The molecule has 1 unspecified atom stereocenters. The molecule has 140 valence electrons. The molecule has 1 atom stereocenters. The van der Waals surface area contributed by atoms with E-state index in [1.807, 2.05) is 19.9 Å². The van der Waals surface area contributed by atoms with Gasteiger partial charge in [0.25, 0.3) is 0 Å². The van der Waals surface area contributed by atoms with Gasteiger partial charge in [-0.1, -0.05) is 19.1 Å². The standard InChI is InChI=1S/C21H22FN3O2/c1-3-17(14-6-5-7-16(22)10-14)24-21-13-23-12-18(25-21)15-8-9-19(26)20(11-15)27-4-2/h5-13,17,26H,3-4H2,1-2H3,(H,24,25). The summed E-state index contributed by atoms with van der Waals surface area (Å²) in [5.74, 6) is 0.816. The second kappa shape index (κ2) is 8.49. The first-order chi connectivity index (χ1) is 13.1. The number of aromatic nitrogens is 2. The number of anilines is 1. The number of nitrogens with zero attached hydrogens (tertiary/aromatic N) is 2. The third-order valence-corrected chi connectivity index (χ3v) is 4.17. The van der Waals surface area contributed by atoms with Crippen LogP contribution in [-0.4, -0.2) is 21.7 Å². The Morgan fingerprint density at radius 2 is 2.00 bits per heavy atom.